The summed E-state index contributed by atoms with van der Waals surface area (Å²) >= 11 is 0. The molecule has 10 heteroatoms. The molecule has 1 fully saturated rings. The first-order chi connectivity index (χ1) is 21.3. The Morgan fingerprint density at radius 3 is 2.09 bits per heavy atom. The van der Waals surface area contributed by atoms with Crippen molar-refractivity contribution in [2.24, 2.45) is 0 Å². The summed E-state index contributed by atoms with van der Waals surface area (Å²) in [6.07, 6.45) is 0.844. The highest BCUT2D eigenvalue weighted by Crippen LogP contribution is 2.16. The number of aromatic nitrogens is 2. The quantitative estimate of drug-likeness (QED) is 0.256. The van der Waals surface area contributed by atoms with E-state index < -0.39 is 12.8 Å². The first kappa shape index (κ1) is 30.9. The predicted molar refractivity (Wildman–Crippen MR) is 162 cm³/mol. The average molecular weight is 600 g/mol. The lowest BCUT2D eigenvalue weighted by atomic mass is 10.1. The second-order valence-corrected chi connectivity index (χ2v) is 10.5. The Labute approximate surface area is 254 Å². The van der Waals surface area contributed by atoms with E-state index in [0.717, 1.165) is 44.8 Å². The van der Waals surface area contributed by atoms with Gasteiger partial charge in [-0.1, -0.05) is 30.0 Å². The Bertz CT molecular complexity index is 1560. The van der Waals surface area contributed by atoms with E-state index in [1.54, 1.807) is 42.6 Å². The molecule has 0 unspecified atom stereocenters. The van der Waals surface area contributed by atoms with E-state index in [-0.39, 0.29) is 12.5 Å². The number of amides is 1. The molecule has 1 saturated heterocycles. The van der Waals surface area contributed by atoms with Gasteiger partial charge < -0.3 is 10.1 Å². The van der Waals surface area contributed by atoms with Gasteiger partial charge in [0.15, 0.2) is 0 Å². The smallest absolute Gasteiger partial charge is 0.366 e. The minimum atomic E-state index is -4.37. The largest absolute Gasteiger partial charge is 0.411 e. The fraction of sp³-hybridized carbons (Fsp3) is 0.265. The van der Waals surface area contributed by atoms with Crippen molar-refractivity contribution in [3.8, 4) is 11.8 Å². The molecule has 4 aromatic rings. The third kappa shape index (κ3) is 9.74. The van der Waals surface area contributed by atoms with Gasteiger partial charge in [0.05, 0.1) is 12.3 Å². The molecule has 5 rings (SSSR count). The van der Waals surface area contributed by atoms with Gasteiger partial charge >= 0.3 is 6.18 Å². The lowest BCUT2D eigenvalue weighted by Gasteiger charge is -2.34. The molecule has 1 amide bonds. The summed E-state index contributed by atoms with van der Waals surface area (Å²) in [4.78, 5) is 26.0. The molecule has 0 spiro atoms. The predicted octanol–water partition coefficient (Wildman–Crippen LogP) is 5.53. The monoisotopic (exact) mass is 599 g/mol. The van der Waals surface area contributed by atoms with E-state index in [1.165, 1.54) is 17.3 Å². The fourth-order valence-electron chi connectivity index (χ4n) is 4.71. The van der Waals surface area contributed by atoms with Gasteiger partial charge in [0.2, 0.25) is 0 Å². The van der Waals surface area contributed by atoms with Crippen LogP contribution in [0.3, 0.4) is 0 Å². The van der Waals surface area contributed by atoms with Crippen molar-refractivity contribution >= 4 is 11.6 Å². The van der Waals surface area contributed by atoms with E-state index in [1.807, 2.05) is 36.5 Å². The van der Waals surface area contributed by atoms with Crippen LogP contribution in [0.5, 0.6) is 0 Å². The number of pyridine rings is 2. The van der Waals surface area contributed by atoms with Crippen molar-refractivity contribution < 1.29 is 22.7 Å². The Morgan fingerprint density at radius 2 is 1.48 bits per heavy atom. The normalized spacial score (nSPS) is 14.1. The standard InChI is InChI=1S/C34H32F3N5O2/c35-34(36,37)25-44-24-32-14-9-27(21-39-32)4-3-26-7-12-31(13-8-26)40-33(43)30-10-5-28(6-11-30)22-41-16-18-42(19-17-41)23-29-2-1-15-38-20-29/h1-2,5-15,20-21H,16-19,22-25H2,(H,40,43). The number of nitrogens with one attached hydrogen (secondary N) is 1. The number of benzene rings is 2. The zero-order valence-electron chi connectivity index (χ0n) is 24.1. The van der Waals surface area contributed by atoms with E-state index in [0.29, 0.717) is 22.5 Å². The third-order valence-corrected chi connectivity index (χ3v) is 7.05. The van der Waals surface area contributed by atoms with Crippen LogP contribution in [-0.4, -0.2) is 64.6 Å². The van der Waals surface area contributed by atoms with Crippen molar-refractivity contribution in [1.29, 1.82) is 0 Å². The number of carbonyl (C=O) groups excluding carboxylic acids is 1. The van der Waals surface area contributed by atoms with Crippen molar-refractivity contribution in [3.63, 3.8) is 0 Å². The summed E-state index contributed by atoms with van der Waals surface area (Å²) in [6.45, 7) is 4.25. The van der Waals surface area contributed by atoms with Gasteiger partial charge in [0.1, 0.15) is 6.61 Å². The SMILES string of the molecule is O=C(Nc1ccc(C#Cc2ccc(COCC(F)(F)F)nc2)cc1)c1ccc(CN2CCN(Cc3cccnc3)CC2)cc1. The Balaban J connectivity index is 1.06. The van der Waals surface area contributed by atoms with Crippen LogP contribution in [0.1, 0.15) is 38.3 Å². The van der Waals surface area contributed by atoms with E-state index in [2.05, 4.69) is 47.7 Å². The molecule has 0 radical (unpaired) electrons. The third-order valence-electron chi connectivity index (χ3n) is 7.05. The fourth-order valence-corrected chi connectivity index (χ4v) is 4.71. The molecule has 0 aliphatic carbocycles. The molecule has 2 aromatic heterocycles. The van der Waals surface area contributed by atoms with Crippen molar-refractivity contribution in [2.75, 3.05) is 38.1 Å². The number of ether oxygens (including phenoxy) is 1. The number of hydrogen-bond acceptors (Lipinski definition) is 6. The average Bonchev–Trinajstić information content (AvgIpc) is 3.02. The zero-order valence-corrected chi connectivity index (χ0v) is 24.1. The van der Waals surface area contributed by atoms with E-state index >= 15 is 0 Å². The van der Waals surface area contributed by atoms with Crippen molar-refractivity contribution in [3.05, 3.63) is 125 Å². The molecule has 2 aromatic carbocycles. The Hall–Kier alpha value is -4.56. The highest BCUT2D eigenvalue weighted by Gasteiger charge is 2.27. The second-order valence-electron chi connectivity index (χ2n) is 10.5. The number of hydrogen-bond donors (Lipinski definition) is 1. The highest BCUT2D eigenvalue weighted by atomic mass is 19.4. The molecule has 226 valence electrons. The number of nitrogens with zero attached hydrogens (tertiary/aromatic N) is 4. The summed E-state index contributed by atoms with van der Waals surface area (Å²) in [5.41, 5.74) is 5.39. The minimum absolute atomic E-state index is 0.190. The van der Waals surface area contributed by atoms with Crippen molar-refractivity contribution in [2.45, 2.75) is 25.9 Å². The zero-order chi connectivity index (χ0) is 30.8. The van der Waals surface area contributed by atoms with Gasteiger partial charge in [-0.25, -0.2) is 0 Å². The maximum absolute atomic E-state index is 12.8. The van der Waals surface area contributed by atoms with Crippen LogP contribution in [-0.2, 0) is 24.4 Å². The highest BCUT2D eigenvalue weighted by molar-refractivity contribution is 6.04. The van der Waals surface area contributed by atoms with E-state index in [9.17, 15) is 18.0 Å². The van der Waals surface area contributed by atoms with Gasteiger partial charge in [-0.05, 0) is 65.7 Å². The summed E-state index contributed by atoms with van der Waals surface area (Å²) in [5, 5.41) is 2.92. The number of anilines is 1. The maximum atomic E-state index is 12.8. The molecular formula is C34H32F3N5O2. The molecule has 3 heterocycles. The molecule has 0 saturated carbocycles. The number of halogens is 3. The van der Waals surface area contributed by atoms with Crippen LogP contribution in [0.2, 0.25) is 0 Å². The maximum Gasteiger partial charge on any atom is 0.411 e. The Morgan fingerprint density at radius 1 is 0.818 bits per heavy atom. The first-order valence-corrected chi connectivity index (χ1v) is 14.2. The Kier molecular flexibility index (Phi) is 10.4. The molecule has 7 nitrogen and oxygen atoms in total. The summed E-state index contributed by atoms with van der Waals surface area (Å²) in [7, 11) is 0. The lowest BCUT2D eigenvalue weighted by molar-refractivity contribution is -0.176. The van der Waals surface area contributed by atoms with Gasteiger partial charge in [-0.3, -0.25) is 24.6 Å². The number of alkyl halides is 3. The number of carbonyl (C=O) groups is 1. The molecule has 0 bridgehead atoms. The number of rotatable bonds is 9. The van der Waals surface area contributed by atoms with Crippen LogP contribution in [0.25, 0.3) is 0 Å². The molecule has 1 aliphatic heterocycles. The van der Waals surface area contributed by atoms with Gasteiger partial charge in [-0.15, -0.1) is 0 Å². The molecular weight excluding hydrogens is 567 g/mol. The molecule has 1 aliphatic rings. The van der Waals surface area contributed by atoms with Gasteiger partial charge in [-0.2, -0.15) is 13.2 Å². The van der Waals surface area contributed by atoms with Crippen LogP contribution in [0.15, 0.2) is 91.4 Å². The van der Waals surface area contributed by atoms with Crippen LogP contribution in [0.4, 0.5) is 18.9 Å². The van der Waals surface area contributed by atoms with Gasteiger partial charge in [0, 0.05) is 80.2 Å². The minimum Gasteiger partial charge on any atom is -0.366 e. The topological polar surface area (TPSA) is 70.6 Å². The lowest BCUT2D eigenvalue weighted by Crippen LogP contribution is -2.45. The van der Waals surface area contributed by atoms with E-state index in [4.69, 9.17) is 0 Å². The first-order valence-electron chi connectivity index (χ1n) is 14.2. The van der Waals surface area contributed by atoms with Crippen LogP contribution in [0, 0.1) is 11.8 Å². The summed E-state index contributed by atoms with van der Waals surface area (Å²) in [6, 6.07) is 22.2. The molecule has 44 heavy (non-hydrogen) atoms. The summed E-state index contributed by atoms with van der Waals surface area (Å²) < 4.78 is 41.2. The molecule has 0 atom stereocenters. The van der Waals surface area contributed by atoms with Gasteiger partial charge in [0.25, 0.3) is 5.91 Å². The number of piperazine rings is 1. The second kappa shape index (κ2) is 14.8. The summed E-state index contributed by atoms with van der Waals surface area (Å²) in [5.74, 6) is 5.80. The van der Waals surface area contributed by atoms with Crippen LogP contribution >= 0.6 is 0 Å². The van der Waals surface area contributed by atoms with Crippen molar-refractivity contribution in [1.82, 2.24) is 19.8 Å². The van der Waals surface area contributed by atoms with Crippen LogP contribution < -0.4 is 5.32 Å². The molecule has 1 N–H and O–H groups in total.